The number of halogens is 5. The third-order valence-corrected chi connectivity index (χ3v) is 3.58. The molecule has 0 saturated carbocycles. The molecule has 2 aromatic carbocycles. The van der Waals surface area contributed by atoms with E-state index in [4.69, 9.17) is 4.74 Å². The maximum absolute atomic E-state index is 13.6. The SMILES string of the molecule is CN=C(NCc1ccc(OC)c(OC(F)F)c1)NCc1cc(F)ccc1F.I. The molecule has 5 nitrogen and oxygen atoms in total. The van der Waals surface area contributed by atoms with Gasteiger partial charge in [-0.3, -0.25) is 4.99 Å². The van der Waals surface area contributed by atoms with Gasteiger partial charge in [-0.2, -0.15) is 8.78 Å². The lowest BCUT2D eigenvalue weighted by Crippen LogP contribution is -2.36. The summed E-state index contributed by atoms with van der Waals surface area (Å²) in [5.41, 5.74) is 0.779. The zero-order valence-corrected chi connectivity index (χ0v) is 17.5. The molecule has 10 heteroatoms. The molecule has 0 saturated heterocycles. The van der Waals surface area contributed by atoms with Gasteiger partial charge < -0.3 is 20.1 Å². The van der Waals surface area contributed by atoms with E-state index < -0.39 is 18.2 Å². The number of nitrogens with zero attached hydrogens (tertiary/aromatic N) is 1. The van der Waals surface area contributed by atoms with Crippen LogP contribution in [-0.4, -0.2) is 26.7 Å². The first-order valence-electron chi connectivity index (χ1n) is 7.93. The number of hydrogen-bond donors (Lipinski definition) is 2. The lowest BCUT2D eigenvalue weighted by atomic mass is 10.2. The van der Waals surface area contributed by atoms with E-state index in [1.807, 2.05) is 0 Å². The van der Waals surface area contributed by atoms with Crippen molar-refractivity contribution in [1.82, 2.24) is 10.6 Å². The van der Waals surface area contributed by atoms with E-state index in [-0.39, 0.29) is 54.1 Å². The van der Waals surface area contributed by atoms with Gasteiger partial charge >= 0.3 is 6.61 Å². The second-order valence-electron chi connectivity index (χ2n) is 5.38. The minimum Gasteiger partial charge on any atom is -0.493 e. The van der Waals surface area contributed by atoms with E-state index in [0.717, 1.165) is 18.2 Å². The molecule has 2 rings (SSSR count). The number of hydrogen-bond acceptors (Lipinski definition) is 3. The summed E-state index contributed by atoms with van der Waals surface area (Å²) in [6.07, 6.45) is 0. The Morgan fingerprint density at radius 1 is 1.04 bits per heavy atom. The van der Waals surface area contributed by atoms with Crippen molar-refractivity contribution in [2.75, 3.05) is 14.2 Å². The van der Waals surface area contributed by atoms with Crippen LogP contribution in [0.4, 0.5) is 17.6 Å². The highest BCUT2D eigenvalue weighted by Gasteiger charge is 2.12. The molecule has 0 aromatic heterocycles. The van der Waals surface area contributed by atoms with Gasteiger partial charge in [0.1, 0.15) is 11.6 Å². The van der Waals surface area contributed by atoms with Crippen LogP contribution < -0.4 is 20.1 Å². The van der Waals surface area contributed by atoms with E-state index in [1.54, 1.807) is 6.07 Å². The van der Waals surface area contributed by atoms with Crippen molar-refractivity contribution in [3.8, 4) is 11.5 Å². The third-order valence-electron chi connectivity index (χ3n) is 3.58. The Morgan fingerprint density at radius 3 is 2.39 bits per heavy atom. The fraction of sp³-hybridized carbons (Fsp3) is 0.278. The van der Waals surface area contributed by atoms with Crippen molar-refractivity contribution in [3.63, 3.8) is 0 Å². The monoisotopic (exact) mass is 513 g/mol. The summed E-state index contributed by atoms with van der Waals surface area (Å²) >= 11 is 0. The van der Waals surface area contributed by atoms with Gasteiger partial charge in [0.2, 0.25) is 0 Å². The molecule has 28 heavy (non-hydrogen) atoms. The van der Waals surface area contributed by atoms with Crippen molar-refractivity contribution in [2.24, 2.45) is 4.99 Å². The van der Waals surface area contributed by atoms with Crippen LogP contribution in [0.3, 0.4) is 0 Å². The van der Waals surface area contributed by atoms with Gasteiger partial charge in [-0.1, -0.05) is 6.07 Å². The van der Waals surface area contributed by atoms with Crippen LogP contribution in [0.2, 0.25) is 0 Å². The van der Waals surface area contributed by atoms with Crippen LogP contribution in [0.5, 0.6) is 11.5 Å². The molecular formula is C18H20F4IN3O2. The van der Waals surface area contributed by atoms with Crippen molar-refractivity contribution < 1.29 is 27.0 Å². The second kappa shape index (κ2) is 11.6. The average Bonchev–Trinajstić information content (AvgIpc) is 2.64. The minimum atomic E-state index is -2.97. The molecule has 0 bridgehead atoms. The number of aliphatic imine (C=N–C) groups is 1. The first kappa shape index (κ1) is 23.8. The number of ether oxygens (including phenoxy) is 2. The average molecular weight is 513 g/mol. The Balaban J connectivity index is 0.00000392. The summed E-state index contributed by atoms with van der Waals surface area (Å²) in [6, 6.07) is 7.76. The van der Waals surface area contributed by atoms with E-state index in [0.29, 0.717) is 11.5 Å². The van der Waals surface area contributed by atoms with Crippen LogP contribution in [0.1, 0.15) is 11.1 Å². The van der Waals surface area contributed by atoms with Crippen LogP contribution in [-0.2, 0) is 13.1 Å². The second-order valence-corrected chi connectivity index (χ2v) is 5.38. The predicted octanol–water partition coefficient (Wildman–Crippen LogP) is 4.06. The molecule has 154 valence electrons. The molecule has 0 radical (unpaired) electrons. The molecule has 0 spiro atoms. The molecular weight excluding hydrogens is 493 g/mol. The Hall–Kier alpha value is -2.24. The highest BCUT2D eigenvalue weighted by molar-refractivity contribution is 14.0. The van der Waals surface area contributed by atoms with Gasteiger partial charge in [-0.15, -0.1) is 24.0 Å². The summed E-state index contributed by atoms with van der Waals surface area (Å²) < 4.78 is 61.2. The van der Waals surface area contributed by atoms with Gasteiger partial charge in [0, 0.05) is 25.7 Å². The Bertz CT molecular complexity index is 806. The Morgan fingerprint density at radius 2 is 1.75 bits per heavy atom. The summed E-state index contributed by atoms with van der Waals surface area (Å²) in [7, 11) is 2.86. The molecule has 0 aliphatic carbocycles. The van der Waals surface area contributed by atoms with Crippen molar-refractivity contribution >= 4 is 29.9 Å². The molecule has 0 aliphatic heterocycles. The summed E-state index contributed by atoms with van der Waals surface area (Å²) in [4.78, 5) is 3.98. The Labute approximate surface area is 177 Å². The number of nitrogens with one attached hydrogen (secondary N) is 2. The highest BCUT2D eigenvalue weighted by atomic mass is 127. The molecule has 0 aliphatic rings. The number of guanidine groups is 1. The molecule has 2 N–H and O–H groups in total. The highest BCUT2D eigenvalue weighted by Crippen LogP contribution is 2.29. The zero-order chi connectivity index (χ0) is 19.8. The lowest BCUT2D eigenvalue weighted by molar-refractivity contribution is -0.0512. The molecule has 0 fully saturated rings. The Kier molecular flexibility index (Phi) is 9.83. The van der Waals surface area contributed by atoms with E-state index >= 15 is 0 Å². The molecule has 0 amide bonds. The van der Waals surface area contributed by atoms with Crippen LogP contribution >= 0.6 is 24.0 Å². The maximum atomic E-state index is 13.6. The van der Waals surface area contributed by atoms with E-state index in [9.17, 15) is 17.6 Å². The first-order chi connectivity index (χ1) is 12.9. The van der Waals surface area contributed by atoms with E-state index in [1.165, 1.54) is 26.3 Å². The number of benzene rings is 2. The van der Waals surface area contributed by atoms with Crippen molar-refractivity contribution in [3.05, 3.63) is 59.2 Å². The zero-order valence-electron chi connectivity index (χ0n) is 15.1. The summed E-state index contributed by atoms with van der Waals surface area (Å²) in [5, 5.41) is 5.80. The van der Waals surface area contributed by atoms with Crippen molar-refractivity contribution in [1.29, 1.82) is 0 Å². The van der Waals surface area contributed by atoms with Gasteiger partial charge in [-0.25, -0.2) is 8.78 Å². The summed E-state index contributed by atoms with van der Waals surface area (Å²) in [5.74, 6) is -0.658. The maximum Gasteiger partial charge on any atom is 0.387 e. The smallest absolute Gasteiger partial charge is 0.387 e. The first-order valence-corrected chi connectivity index (χ1v) is 7.93. The van der Waals surface area contributed by atoms with Gasteiger partial charge in [0.25, 0.3) is 0 Å². The molecule has 0 heterocycles. The van der Waals surface area contributed by atoms with E-state index in [2.05, 4.69) is 20.4 Å². The number of methoxy groups -OCH3 is 1. The fourth-order valence-corrected chi connectivity index (χ4v) is 2.28. The van der Waals surface area contributed by atoms with Crippen LogP contribution in [0.25, 0.3) is 0 Å². The minimum absolute atomic E-state index is 0. The number of rotatable bonds is 7. The molecule has 0 atom stereocenters. The largest absolute Gasteiger partial charge is 0.493 e. The topological polar surface area (TPSA) is 54.9 Å². The van der Waals surface area contributed by atoms with Crippen molar-refractivity contribution in [2.45, 2.75) is 19.7 Å². The quantitative estimate of drug-likeness (QED) is 0.254. The van der Waals surface area contributed by atoms with Crippen LogP contribution in [0.15, 0.2) is 41.4 Å². The van der Waals surface area contributed by atoms with Gasteiger partial charge in [0.15, 0.2) is 17.5 Å². The summed E-state index contributed by atoms with van der Waals surface area (Å²) in [6.45, 7) is -2.72. The predicted molar refractivity (Wildman–Crippen MR) is 108 cm³/mol. The molecule has 2 aromatic rings. The standard InChI is InChI=1S/C18H19F4N3O2.HI/c1-23-18(25-10-12-8-13(19)4-5-14(12)20)24-9-11-3-6-15(26-2)16(7-11)27-17(21)22;/h3-8,17H,9-10H2,1-2H3,(H2,23,24,25);1H. The van der Waals surface area contributed by atoms with Gasteiger partial charge in [-0.05, 0) is 35.9 Å². The molecule has 0 unspecified atom stereocenters. The fourth-order valence-electron chi connectivity index (χ4n) is 2.28. The number of alkyl halides is 2. The van der Waals surface area contributed by atoms with Gasteiger partial charge in [0.05, 0.1) is 7.11 Å². The normalized spacial score (nSPS) is 11.0. The lowest BCUT2D eigenvalue weighted by Gasteiger charge is -2.14. The van der Waals surface area contributed by atoms with Crippen LogP contribution in [0, 0.1) is 11.6 Å². The third kappa shape index (κ3) is 7.06.